The molecule has 0 bridgehead atoms. The van der Waals surface area contributed by atoms with Crippen LogP contribution in [-0.2, 0) is 32.2 Å². The lowest BCUT2D eigenvalue weighted by Crippen LogP contribution is -2.40. The van der Waals surface area contributed by atoms with E-state index in [-0.39, 0.29) is 14.8 Å². The summed E-state index contributed by atoms with van der Waals surface area (Å²) < 4.78 is 52.5. The first-order valence-electron chi connectivity index (χ1n) is 12.8. The maximum Gasteiger partial charge on any atom is 0.481 e. The molecule has 0 spiro atoms. The maximum absolute atomic E-state index is 12.0. The van der Waals surface area contributed by atoms with Gasteiger partial charge in [0.2, 0.25) is 0 Å². The van der Waals surface area contributed by atoms with Crippen molar-refractivity contribution in [1.82, 2.24) is 39.0 Å². The predicted molar refractivity (Wildman–Crippen MR) is 150 cm³/mol. The van der Waals surface area contributed by atoms with Crippen molar-refractivity contribution in [3.8, 4) is 0 Å². The highest BCUT2D eigenvalue weighted by atomic mass is 32.1. The number of aliphatic hydroxyl groups excluding tert-OH is 3. The van der Waals surface area contributed by atoms with Gasteiger partial charge in [-0.05, 0) is 0 Å². The zero-order valence-electron chi connectivity index (χ0n) is 22.3. The van der Waals surface area contributed by atoms with Crippen LogP contribution in [0.25, 0.3) is 22.3 Å². The lowest BCUT2D eigenvalue weighted by molar-refractivity contribution is -0.116. The number of aromatic nitrogens is 8. The van der Waals surface area contributed by atoms with Gasteiger partial charge in [0.05, 0.1) is 38.5 Å². The number of nitrogens with zero attached hydrogens (tertiary/aromatic N) is 6. The second kappa shape index (κ2) is 12.3. The molecule has 45 heavy (non-hydrogen) atoms. The summed E-state index contributed by atoms with van der Waals surface area (Å²) in [5, 5.41) is 32.8. The summed E-state index contributed by atoms with van der Waals surface area (Å²) in [6.45, 7) is -1.28. The van der Waals surface area contributed by atoms with E-state index in [0.29, 0.717) is 16.8 Å². The molecule has 2 aliphatic heterocycles. The Labute approximate surface area is 260 Å². The number of aliphatic hydroxyl groups is 3. The smallest absolute Gasteiger partial charge is 0.387 e. The first-order valence-corrected chi connectivity index (χ1v) is 16.6. The highest BCUT2D eigenvalue weighted by Gasteiger charge is 2.50. The summed E-state index contributed by atoms with van der Waals surface area (Å²) >= 11 is 10.4. The summed E-state index contributed by atoms with van der Waals surface area (Å²) in [5.74, 6) is 0. The predicted octanol–water partition coefficient (Wildman–Crippen LogP) is -0.520. The SMILES string of the molecule is O=P(O)(O)OP(=O)(O)OC[C@H]1O[C@@H](n2cnc3c(=S)nc[nH]c32)[C@H](OC[C@H]2O[C@@H](n3cnc4c(=S)nc[nH]c43)[C@H](O)[C@@H]2O)[C@@H]1O. The lowest BCUT2D eigenvalue weighted by Gasteiger charge is -2.24. The number of rotatable bonds is 10. The molecule has 1 unspecified atom stereocenters. The first kappa shape index (κ1) is 32.5. The van der Waals surface area contributed by atoms with E-state index in [1.54, 1.807) is 0 Å². The molecule has 8 N–H and O–H groups in total. The van der Waals surface area contributed by atoms with Gasteiger partial charge in [-0.2, -0.15) is 4.31 Å². The topological polar surface area (TPSA) is 295 Å². The summed E-state index contributed by atoms with van der Waals surface area (Å²) in [5.41, 5.74) is 1.33. The van der Waals surface area contributed by atoms with Crippen molar-refractivity contribution in [2.75, 3.05) is 13.2 Å². The van der Waals surface area contributed by atoms with Crippen molar-refractivity contribution in [2.24, 2.45) is 0 Å². The Morgan fingerprint density at radius 3 is 1.91 bits per heavy atom. The lowest BCUT2D eigenvalue weighted by atomic mass is 10.1. The zero-order chi connectivity index (χ0) is 32.3. The average molecular weight is 711 g/mol. The van der Waals surface area contributed by atoms with Crippen molar-refractivity contribution >= 4 is 62.4 Å². The van der Waals surface area contributed by atoms with Gasteiger partial charge in [0.15, 0.2) is 21.7 Å². The molecule has 0 amide bonds. The average Bonchev–Trinajstić information content (AvgIpc) is 3.72. The molecular formula is C20H24N8O13P2S2. The summed E-state index contributed by atoms with van der Waals surface area (Å²) in [4.78, 5) is 49.5. The monoisotopic (exact) mass is 710 g/mol. The summed E-state index contributed by atoms with van der Waals surface area (Å²) in [7, 11) is -10.7. The minimum Gasteiger partial charge on any atom is -0.387 e. The van der Waals surface area contributed by atoms with Crippen LogP contribution < -0.4 is 0 Å². The van der Waals surface area contributed by atoms with Crippen molar-refractivity contribution in [2.45, 2.75) is 49.1 Å². The molecule has 244 valence electrons. The summed E-state index contributed by atoms with van der Waals surface area (Å²) in [6.07, 6.45) is -5.36. The van der Waals surface area contributed by atoms with Gasteiger partial charge < -0.3 is 54.2 Å². The minimum absolute atomic E-state index is 0.153. The third kappa shape index (κ3) is 6.43. The Hall–Kier alpha value is -2.44. The highest BCUT2D eigenvalue weighted by Crippen LogP contribution is 2.57. The quantitative estimate of drug-likeness (QED) is 0.0758. The number of hydrogen-bond acceptors (Lipinski definition) is 16. The minimum atomic E-state index is -5.41. The number of phosphoric ester groups is 1. The van der Waals surface area contributed by atoms with Crippen LogP contribution in [0.4, 0.5) is 0 Å². The van der Waals surface area contributed by atoms with Crippen molar-refractivity contribution in [3.63, 3.8) is 0 Å². The van der Waals surface area contributed by atoms with Gasteiger partial charge in [0.25, 0.3) is 0 Å². The van der Waals surface area contributed by atoms with Crippen LogP contribution in [0, 0.1) is 9.28 Å². The number of ether oxygens (including phenoxy) is 3. The first-order chi connectivity index (χ1) is 21.2. The maximum atomic E-state index is 12.0. The second-order valence-electron chi connectivity index (χ2n) is 9.85. The molecular weight excluding hydrogens is 686 g/mol. The molecule has 6 heterocycles. The third-order valence-electron chi connectivity index (χ3n) is 7.02. The molecule has 0 radical (unpaired) electrons. The number of hydrogen-bond donors (Lipinski definition) is 8. The molecule has 0 aromatic carbocycles. The van der Waals surface area contributed by atoms with Gasteiger partial charge >= 0.3 is 15.6 Å². The van der Waals surface area contributed by atoms with E-state index in [4.69, 9.17) is 48.4 Å². The molecule has 2 saturated heterocycles. The molecule has 6 rings (SSSR count). The van der Waals surface area contributed by atoms with Crippen molar-refractivity contribution in [3.05, 3.63) is 34.6 Å². The highest BCUT2D eigenvalue weighted by molar-refractivity contribution is 7.71. The third-order valence-corrected chi connectivity index (χ3v) is 9.77. The normalized spacial score (nSPS) is 30.4. The molecule has 4 aromatic heterocycles. The van der Waals surface area contributed by atoms with Crippen LogP contribution in [-0.4, -0.2) is 119 Å². The second-order valence-corrected chi connectivity index (χ2v) is 13.5. The van der Waals surface area contributed by atoms with Crippen LogP contribution in [0.3, 0.4) is 0 Å². The van der Waals surface area contributed by atoms with E-state index in [1.807, 2.05) is 0 Å². The Balaban J connectivity index is 1.23. The van der Waals surface area contributed by atoms with E-state index >= 15 is 0 Å². The number of H-pyrrole nitrogens is 2. The zero-order valence-corrected chi connectivity index (χ0v) is 25.7. The van der Waals surface area contributed by atoms with Crippen molar-refractivity contribution < 1.29 is 62.2 Å². The number of nitrogens with one attached hydrogen (secondary N) is 2. The van der Waals surface area contributed by atoms with Gasteiger partial charge in [-0.3, -0.25) is 13.7 Å². The van der Waals surface area contributed by atoms with Crippen molar-refractivity contribution in [1.29, 1.82) is 0 Å². The molecule has 0 aliphatic carbocycles. The van der Waals surface area contributed by atoms with Crippen LogP contribution in [0.1, 0.15) is 12.5 Å². The molecule has 0 saturated carbocycles. The van der Waals surface area contributed by atoms with Gasteiger partial charge in [-0.15, -0.1) is 0 Å². The molecule has 2 fully saturated rings. The van der Waals surface area contributed by atoms with E-state index in [0.717, 1.165) is 0 Å². The molecule has 2 aliphatic rings. The summed E-state index contributed by atoms with van der Waals surface area (Å²) in [6, 6.07) is 0. The van der Waals surface area contributed by atoms with Crippen LogP contribution in [0.5, 0.6) is 0 Å². The van der Waals surface area contributed by atoms with Gasteiger partial charge in [-0.1, -0.05) is 24.4 Å². The Bertz CT molecular complexity index is 1930. The number of fused-ring (bicyclic) bond motifs is 2. The largest absolute Gasteiger partial charge is 0.481 e. The van der Waals surface area contributed by atoms with Crippen LogP contribution in [0.2, 0.25) is 0 Å². The van der Waals surface area contributed by atoms with E-state index in [1.165, 1.54) is 34.4 Å². The molecule has 4 aromatic rings. The fourth-order valence-corrected chi connectivity index (χ4v) is 7.02. The van der Waals surface area contributed by atoms with Crippen LogP contribution in [0.15, 0.2) is 25.3 Å². The number of aromatic amines is 2. The van der Waals surface area contributed by atoms with Gasteiger partial charge in [0, 0.05) is 0 Å². The number of phosphoric acid groups is 2. The molecule has 21 nitrogen and oxygen atoms in total. The Morgan fingerprint density at radius 2 is 1.33 bits per heavy atom. The van der Waals surface area contributed by atoms with E-state index in [9.17, 15) is 29.3 Å². The van der Waals surface area contributed by atoms with Gasteiger partial charge in [0.1, 0.15) is 59.0 Å². The molecule has 25 heteroatoms. The fraction of sp³-hybridized carbons (Fsp3) is 0.500. The van der Waals surface area contributed by atoms with E-state index < -0.39 is 77.9 Å². The Morgan fingerprint density at radius 1 is 0.800 bits per heavy atom. The Kier molecular flexibility index (Phi) is 8.88. The van der Waals surface area contributed by atoms with Gasteiger partial charge in [-0.25, -0.2) is 29.1 Å². The number of imidazole rings is 2. The van der Waals surface area contributed by atoms with E-state index in [2.05, 4.69) is 38.7 Å². The molecule has 9 atom stereocenters. The fourth-order valence-electron chi connectivity index (χ4n) is 5.02. The standard InChI is InChI=1S/C20H24N8O13P2S2/c29-11-7(39-19(13(11)31)27-5-25-9-15(27)21-3-23-17(9)44)1-37-14-12(30)8(2-38-43(35,36)41-42(32,33)34)40-20(14)28-6-26-10-16(28)22-4-24-18(10)45/h3-8,11-14,19-20,29-31H,1-2H2,(H,35,36)(H,21,23,44)(H,22,24,45)(H2,32,33,34)/t7-,8-,11-,12-,13-,14-,19-,20-/m1/s1. The van der Waals surface area contributed by atoms with Crippen LogP contribution >= 0.6 is 40.1 Å².